The van der Waals surface area contributed by atoms with Crippen molar-refractivity contribution in [2.24, 2.45) is 0 Å². The summed E-state index contributed by atoms with van der Waals surface area (Å²) in [5.41, 5.74) is 2.31. The maximum absolute atomic E-state index is 13.4. The maximum atomic E-state index is 13.4. The van der Waals surface area contributed by atoms with Crippen molar-refractivity contribution in [3.63, 3.8) is 0 Å². The average molecular weight is 407 g/mol. The van der Waals surface area contributed by atoms with Crippen molar-refractivity contribution in [1.82, 2.24) is 0 Å². The summed E-state index contributed by atoms with van der Waals surface area (Å²) in [5.74, 6) is 0.0501. The summed E-state index contributed by atoms with van der Waals surface area (Å²) in [6, 6.07) is 9.50. The first-order valence-electron chi connectivity index (χ1n) is 8.72. The number of hydrogen-bond donors (Lipinski definition) is 0. The van der Waals surface area contributed by atoms with E-state index in [9.17, 15) is 13.2 Å². The third-order valence-corrected chi connectivity index (χ3v) is 6.07. The molecule has 0 aliphatic rings. The van der Waals surface area contributed by atoms with E-state index in [1.54, 1.807) is 19.1 Å². The number of esters is 1. The second-order valence-electron chi connectivity index (χ2n) is 6.10. The highest BCUT2D eigenvalue weighted by molar-refractivity contribution is 7.92. The van der Waals surface area contributed by atoms with Gasteiger partial charge in [-0.2, -0.15) is 0 Å². The summed E-state index contributed by atoms with van der Waals surface area (Å²) in [7, 11) is -1.17. The Balaban J connectivity index is 2.57. The largest absolute Gasteiger partial charge is 0.493 e. The number of ether oxygens (including phenoxy) is 3. The normalized spacial score (nSPS) is 11.0. The summed E-state index contributed by atoms with van der Waals surface area (Å²) in [4.78, 5) is 12.1. The Morgan fingerprint density at radius 2 is 1.64 bits per heavy atom. The van der Waals surface area contributed by atoms with Crippen LogP contribution in [0.1, 0.15) is 18.1 Å². The summed E-state index contributed by atoms with van der Waals surface area (Å²) >= 11 is 0. The number of rotatable bonds is 8. The van der Waals surface area contributed by atoms with E-state index in [1.165, 1.54) is 32.4 Å². The van der Waals surface area contributed by atoms with Crippen LogP contribution in [0.5, 0.6) is 11.5 Å². The Bertz CT molecular complexity index is 955. The molecule has 0 spiro atoms. The van der Waals surface area contributed by atoms with Gasteiger partial charge in [-0.3, -0.25) is 9.10 Å². The Hall–Kier alpha value is -2.74. The number of carbonyl (C=O) groups excluding carboxylic acids is 1. The lowest BCUT2D eigenvalue weighted by Crippen LogP contribution is -2.36. The molecular weight excluding hydrogens is 382 g/mol. The second-order valence-corrected chi connectivity index (χ2v) is 7.96. The van der Waals surface area contributed by atoms with E-state index in [0.717, 1.165) is 15.4 Å². The van der Waals surface area contributed by atoms with Crippen molar-refractivity contribution in [2.75, 3.05) is 31.7 Å². The van der Waals surface area contributed by atoms with Gasteiger partial charge < -0.3 is 14.2 Å². The van der Waals surface area contributed by atoms with Gasteiger partial charge in [0.15, 0.2) is 11.5 Å². The first-order valence-corrected chi connectivity index (χ1v) is 10.2. The molecule has 0 N–H and O–H groups in total. The maximum Gasteiger partial charge on any atom is 0.326 e. The zero-order valence-electron chi connectivity index (χ0n) is 16.7. The zero-order chi connectivity index (χ0) is 20.9. The molecule has 0 saturated carbocycles. The summed E-state index contributed by atoms with van der Waals surface area (Å²) in [5, 5.41) is 0. The van der Waals surface area contributed by atoms with Crippen molar-refractivity contribution in [3.8, 4) is 11.5 Å². The van der Waals surface area contributed by atoms with Crippen LogP contribution in [-0.2, 0) is 19.6 Å². The Morgan fingerprint density at radius 1 is 0.964 bits per heavy atom. The molecule has 2 rings (SSSR count). The number of methoxy groups -OCH3 is 2. The Kier molecular flexibility index (Phi) is 6.90. The van der Waals surface area contributed by atoms with Crippen LogP contribution in [-0.4, -0.2) is 41.8 Å². The van der Waals surface area contributed by atoms with E-state index in [4.69, 9.17) is 14.2 Å². The molecular formula is C20H25NO6S. The topological polar surface area (TPSA) is 82.1 Å². The van der Waals surface area contributed by atoms with E-state index in [-0.39, 0.29) is 17.3 Å². The number of benzene rings is 2. The fraction of sp³-hybridized carbons (Fsp3) is 0.350. The first kappa shape index (κ1) is 21.6. The zero-order valence-corrected chi connectivity index (χ0v) is 17.5. The van der Waals surface area contributed by atoms with Crippen LogP contribution in [0.4, 0.5) is 5.69 Å². The van der Waals surface area contributed by atoms with E-state index < -0.39 is 22.5 Å². The molecule has 0 aliphatic carbocycles. The lowest BCUT2D eigenvalue weighted by molar-refractivity contribution is -0.141. The van der Waals surface area contributed by atoms with Gasteiger partial charge in [0.2, 0.25) is 0 Å². The average Bonchev–Trinajstić information content (AvgIpc) is 2.67. The smallest absolute Gasteiger partial charge is 0.326 e. The van der Waals surface area contributed by atoms with Crippen LogP contribution in [0.2, 0.25) is 0 Å². The van der Waals surface area contributed by atoms with E-state index in [1.807, 2.05) is 19.9 Å². The summed E-state index contributed by atoms with van der Waals surface area (Å²) in [6.07, 6.45) is 0. The highest BCUT2D eigenvalue weighted by Crippen LogP contribution is 2.32. The van der Waals surface area contributed by atoms with Crippen LogP contribution in [0.15, 0.2) is 41.3 Å². The first-order chi connectivity index (χ1) is 13.2. The molecule has 152 valence electrons. The number of nitrogens with zero attached hydrogens (tertiary/aromatic N) is 1. The lowest BCUT2D eigenvalue weighted by atomic mass is 10.1. The minimum absolute atomic E-state index is 0.0207. The molecule has 0 unspecified atom stereocenters. The predicted molar refractivity (Wildman–Crippen MR) is 107 cm³/mol. The Labute approximate surface area is 165 Å². The minimum atomic E-state index is -4.06. The van der Waals surface area contributed by atoms with Crippen LogP contribution in [0.25, 0.3) is 0 Å². The van der Waals surface area contributed by atoms with Crippen molar-refractivity contribution in [2.45, 2.75) is 25.7 Å². The third-order valence-electron chi connectivity index (χ3n) is 4.30. The highest BCUT2D eigenvalue weighted by atomic mass is 32.2. The van der Waals surface area contributed by atoms with Crippen LogP contribution in [0.3, 0.4) is 0 Å². The van der Waals surface area contributed by atoms with Crippen molar-refractivity contribution < 1.29 is 27.4 Å². The van der Waals surface area contributed by atoms with Gasteiger partial charge in [0.05, 0.1) is 31.4 Å². The monoisotopic (exact) mass is 407 g/mol. The van der Waals surface area contributed by atoms with Crippen LogP contribution in [0, 0.1) is 13.8 Å². The van der Waals surface area contributed by atoms with Gasteiger partial charge in [0, 0.05) is 6.07 Å². The number of anilines is 1. The standard InChI is InChI=1S/C20H25NO6S/c1-6-27-20(22)13-21(16-8-7-14(2)15(3)11-16)28(23,24)17-9-10-18(25-4)19(12-17)26-5/h7-12H,6,13H2,1-5H3. The molecule has 0 bridgehead atoms. The second kappa shape index (κ2) is 8.97. The highest BCUT2D eigenvalue weighted by Gasteiger charge is 2.29. The molecule has 0 aromatic heterocycles. The quantitative estimate of drug-likeness (QED) is 0.626. The molecule has 0 heterocycles. The summed E-state index contributed by atoms with van der Waals surface area (Å²) in [6.45, 7) is 5.20. The van der Waals surface area contributed by atoms with Crippen LogP contribution < -0.4 is 13.8 Å². The number of hydrogen-bond acceptors (Lipinski definition) is 6. The molecule has 0 amide bonds. The molecule has 2 aromatic carbocycles. The molecule has 7 nitrogen and oxygen atoms in total. The third kappa shape index (κ3) is 4.56. The molecule has 28 heavy (non-hydrogen) atoms. The number of aryl methyl sites for hydroxylation is 2. The minimum Gasteiger partial charge on any atom is -0.493 e. The molecule has 0 fully saturated rings. The molecule has 8 heteroatoms. The van der Waals surface area contributed by atoms with Crippen molar-refractivity contribution >= 4 is 21.7 Å². The van der Waals surface area contributed by atoms with E-state index in [0.29, 0.717) is 11.4 Å². The van der Waals surface area contributed by atoms with Gasteiger partial charge in [-0.15, -0.1) is 0 Å². The number of carbonyl (C=O) groups is 1. The van der Waals surface area contributed by atoms with Gasteiger partial charge >= 0.3 is 5.97 Å². The van der Waals surface area contributed by atoms with Crippen molar-refractivity contribution in [3.05, 3.63) is 47.5 Å². The molecule has 0 aliphatic heterocycles. The van der Waals surface area contributed by atoms with Gasteiger partial charge in [0.25, 0.3) is 10.0 Å². The van der Waals surface area contributed by atoms with Gasteiger partial charge in [0.1, 0.15) is 6.54 Å². The van der Waals surface area contributed by atoms with Gasteiger partial charge in [-0.25, -0.2) is 8.42 Å². The molecule has 0 saturated heterocycles. The fourth-order valence-electron chi connectivity index (χ4n) is 2.62. The molecule has 2 aromatic rings. The SMILES string of the molecule is CCOC(=O)CN(c1ccc(C)c(C)c1)S(=O)(=O)c1ccc(OC)c(OC)c1. The van der Waals surface area contributed by atoms with E-state index >= 15 is 0 Å². The van der Waals surface area contributed by atoms with Crippen molar-refractivity contribution in [1.29, 1.82) is 0 Å². The molecule has 0 radical (unpaired) electrons. The van der Waals surface area contributed by atoms with Gasteiger partial charge in [-0.1, -0.05) is 6.07 Å². The van der Waals surface area contributed by atoms with Gasteiger partial charge in [-0.05, 0) is 56.2 Å². The molecule has 0 atom stereocenters. The lowest BCUT2D eigenvalue weighted by Gasteiger charge is -2.24. The Morgan fingerprint density at radius 3 is 2.21 bits per heavy atom. The summed E-state index contributed by atoms with van der Waals surface area (Å²) < 4.78 is 43.1. The van der Waals surface area contributed by atoms with Crippen LogP contribution >= 0.6 is 0 Å². The van der Waals surface area contributed by atoms with E-state index in [2.05, 4.69) is 0 Å². The number of sulfonamides is 1. The predicted octanol–water partition coefficient (Wildman–Crippen LogP) is 3.08. The fourth-order valence-corrected chi connectivity index (χ4v) is 4.04.